The Bertz CT molecular complexity index is 809. The van der Waals surface area contributed by atoms with Crippen LogP contribution in [0.15, 0.2) is 18.2 Å². The number of benzene rings is 1. The van der Waals surface area contributed by atoms with Crippen LogP contribution < -0.4 is 15.4 Å². The predicted molar refractivity (Wildman–Crippen MR) is 100 cm³/mol. The van der Waals surface area contributed by atoms with Gasteiger partial charge in [-0.3, -0.25) is 4.79 Å². The molecule has 2 aromatic rings. The molecule has 0 saturated carbocycles. The third-order valence-electron chi connectivity index (χ3n) is 4.55. The van der Waals surface area contributed by atoms with Crippen molar-refractivity contribution in [2.24, 2.45) is 0 Å². The first-order chi connectivity index (χ1) is 12.5. The second-order valence-corrected chi connectivity index (χ2v) is 6.36. The number of anilines is 2. The SMILES string of the molecule is CCc1nnc(NC(C)c2ccc3c(c2)OC(CC)C(=O)N3)nc1CC. The number of aromatic nitrogens is 3. The molecule has 0 aliphatic carbocycles. The minimum atomic E-state index is -0.442. The van der Waals surface area contributed by atoms with Gasteiger partial charge in [0.2, 0.25) is 5.95 Å². The van der Waals surface area contributed by atoms with Gasteiger partial charge in [0.05, 0.1) is 23.1 Å². The summed E-state index contributed by atoms with van der Waals surface area (Å²) in [5.74, 6) is 1.11. The Kier molecular flexibility index (Phi) is 5.35. The Morgan fingerprint density at radius 3 is 2.65 bits per heavy atom. The molecule has 0 bridgehead atoms. The zero-order valence-electron chi connectivity index (χ0n) is 15.7. The zero-order chi connectivity index (χ0) is 18.7. The number of rotatable bonds is 6. The summed E-state index contributed by atoms with van der Waals surface area (Å²) in [4.78, 5) is 16.5. The van der Waals surface area contributed by atoms with Crippen LogP contribution in [0.4, 0.5) is 11.6 Å². The minimum absolute atomic E-state index is 0.0272. The molecule has 1 aliphatic rings. The smallest absolute Gasteiger partial charge is 0.265 e. The van der Waals surface area contributed by atoms with Gasteiger partial charge in [-0.1, -0.05) is 26.8 Å². The predicted octanol–water partition coefficient (Wildman–Crippen LogP) is 3.28. The van der Waals surface area contributed by atoms with E-state index in [0.717, 1.165) is 29.8 Å². The first kappa shape index (κ1) is 18.1. The van der Waals surface area contributed by atoms with Crippen LogP contribution >= 0.6 is 0 Å². The number of hydrogen-bond donors (Lipinski definition) is 2. The maximum Gasteiger partial charge on any atom is 0.265 e. The molecule has 2 atom stereocenters. The molecule has 138 valence electrons. The Labute approximate surface area is 153 Å². The Hall–Kier alpha value is -2.70. The van der Waals surface area contributed by atoms with Gasteiger partial charge in [-0.15, -0.1) is 5.10 Å². The molecule has 7 heteroatoms. The van der Waals surface area contributed by atoms with Crippen LogP contribution in [0.25, 0.3) is 0 Å². The van der Waals surface area contributed by atoms with Crippen LogP contribution in [0, 0.1) is 0 Å². The highest BCUT2D eigenvalue weighted by molar-refractivity contribution is 5.97. The fourth-order valence-corrected chi connectivity index (χ4v) is 2.97. The van der Waals surface area contributed by atoms with Crippen LogP contribution in [0.2, 0.25) is 0 Å². The monoisotopic (exact) mass is 355 g/mol. The van der Waals surface area contributed by atoms with Crippen molar-refractivity contribution in [3.05, 3.63) is 35.2 Å². The fourth-order valence-electron chi connectivity index (χ4n) is 2.97. The van der Waals surface area contributed by atoms with Crippen LogP contribution in [0.5, 0.6) is 5.75 Å². The molecule has 7 nitrogen and oxygen atoms in total. The van der Waals surface area contributed by atoms with Crippen LogP contribution in [-0.2, 0) is 17.6 Å². The van der Waals surface area contributed by atoms with Gasteiger partial charge in [0.25, 0.3) is 5.91 Å². The summed E-state index contributed by atoms with van der Waals surface area (Å²) in [5, 5.41) is 14.6. The van der Waals surface area contributed by atoms with Gasteiger partial charge < -0.3 is 15.4 Å². The molecule has 2 heterocycles. The number of fused-ring (bicyclic) bond motifs is 1. The maximum atomic E-state index is 11.9. The molecule has 0 radical (unpaired) electrons. The average molecular weight is 355 g/mol. The summed E-state index contributed by atoms with van der Waals surface area (Å²) in [6.45, 7) is 8.08. The van der Waals surface area contributed by atoms with Crippen molar-refractivity contribution in [1.82, 2.24) is 15.2 Å². The number of aryl methyl sites for hydroxylation is 2. The van der Waals surface area contributed by atoms with E-state index >= 15 is 0 Å². The van der Waals surface area contributed by atoms with Crippen molar-refractivity contribution in [2.75, 3.05) is 10.6 Å². The highest BCUT2D eigenvalue weighted by Crippen LogP contribution is 2.33. The van der Waals surface area contributed by atoms with Gasteiger partial charge in [0.15, 0.2) is 6.10 Å². The molecule has 2 N–H and O–H groups in total. The topological polar surface area (TPSA) is 89.0 Å². The summed E-state index contributed by atoms with van der Waals surface area (Å²) >= 11 is 0. The number of nitrogens with one attached hydrogen (secondary N) is 2. The van der Waals surface area contributed by atoms with Gasteiger partial charge in [-0.05, 0) is 43.9 Å². The molecule has 26 heavy (non-hydrogen) atoms. The molecule has 1 aromatic carbocycles. The molecular weight excluding hydrogens is 330 g/mol. The largest absolute Gasteiger partial charge is 0.478 e. The van der Waals surface area contributed by atoms with E-state index < -0.39 is 6.10 Å². The van der Waals surface area contributed by atoms with E-state index in [4.69, 9.17) is 4.74 Å². The molecule has 3 rings (SSSR count). The summed E-state index contributed by atoms with van der Waals surface area (Å²) in [6, 6.07) is 5.74. The molecule has 0 spiro atoms. The molecular formula is C19H25N5O2. The average Bonchev–Trinajstić information content (AvgIpc) is 2.66. The van der Waals surface area contributed by atoms with E-state index in [1.807, 2.05) is 32.0 Å². The Balaban J connectivity index is 1.79. The first-order valence-corrected chi connectivity index (χ1v) is 9.16. The standard InChI is InChI=1S/C19H25N5O2/c1-5-13-14(6-2)23-24-19(22-13)20-11(4)12-8-9-15-17(10-12)26-16(7-3)18(25)21-15/h8-11,16H,5-7H2,1-4H3,(H,21,25)(H,20,22,24). The van der Waals surface area contributed by atoms with Crippen LogP contribution in [0.3, 0.4) is 0 Å². The molecule has 1 amide bonds. The van der Waals surface area contributed by atoms with E-state index in [9.17, 15) is 4.79 Å². The molecule has 0 fully saturated rings. The first-order valence-electron chi connectivity index (χ1n) is 9.16. The van der Waals surface area contributed by atoms with Crippen molar-refractivity contribution < 1.29 is 9.53 Å². The number of carbonyl (C=O) groups excluding carboxylic acids is 1. The number of ether oxygens (including phenoxy) is 1. The number of carbonyl (C=O) groups is 1. The van der Waals surface area contributed by atoms with Crippen molar-refractivity contribution in [3.8, 4) is 5.75 Å². The Morgan fingerprint density at radius 2 is 1.96 bits per heavy atom. The fraction of sp³-hybridized carbons (Fsp3) is 0.474. The van der Waals surface area contributed by atoms with Gasteiger partial charge in [0.1, 0.15) is 5.75 Å². The zero-order valence-corrected chi connectivity index (χ0v) is 15.7. The van der Waals surface area contributed by atoms with Gasteiger partial charge in [0, 0.05) is 0 Å². The lowest BCUT2D eigenvalue weighted by Crippen LogP contribution is -2.36. The third-order valence-corrected chi connectivity index (χ3v) is 4.55. The molecule has 1 aromatic heterocycles. The molecule has 0 saturated heterocycles. The van der Waals surface area contributed by atoms with Crippen molar-refractivity contribution in [1.29, 1.82) is 0 Å². The summed E-state index contributed by atoms with van der Waals surface area (Å²) < 4.78 is 5.82. The third kappa shape index (κ3) is 3.61. The van der Waals surface area contributed by atoms with Gasteiger partial charge >= 0.3 is 0 Å². The second-order valence-electron chi connectivity index (χ2n) is 6.36. The van der Waals surface area contributed by atoms with Crippen LogP contribution in [0.1, 0.15) is 57.1 Å². The van der Waals surface area contributed by atoms with E-state index in [1.165, 1.54) is 0 Å². The van der Waals surface area contributed by atoms with Crippen molar-refractivity contribution >= 4 is 17.5 Å². The lowest BCUT2D eigenvalue weighted by Gasteiger charge is -2.26. The lowest BCUT2D eigenvalue weighted by molar-refractivity contribution is -0.123. The highest BCUT2D eigenvalue weighted by Gasteiger charge is 2.26. The number of amides is 1. The quantitative estimate of drug-likeness (QED) is 0.827. The van der Waals surface area contributed by atoms with E-state index in [2.05, 4.69) is 39.7 Å². The number of nitrogens with zero attached hydrogens (tertiary/aromatic N) is 3. The summed E-state index contributed by atoms with van der Waals surface area (Å²) in [6.07, 6.45) is 1.84. The number of hydrogen-bond acceptors (Lipinski definition) is 6. The summed E-state index contributed by atoms with van der Waals surface area (Å²) in [5.41, 5.74) is 3.64. The minimum Gasteiger partial charge on any atom is -0.478 e. The summed E-state index contributed by atoms with van der Waals surface area (Å²) in [7, 11) is 0. The van der Waals surface area contributed by atoms with Crippen LogP contribution in [-0.4, -0.2) is 27.2 Å². The van der Waals surface area contributed by atoms with E-state index in [-0.39, 0.29) is 11.9 Å². The van der Waals surface area contributed by atoms with Crippen molar-refractivity contribution in [3.63, 3.8) is 0 Å². The lowest BCUT2D eigenvalue weighted by atomic mass is 10.1. The maximum absolute atomic E-state index is 11.9. The van der Waals surface area contributed by atoms with Crippen molar-refractivity contribution in [2.45, 2.75) is 59.1 Å². The molecule has 2 unspecified atom stereocenters. The second kappa shape index (κ2) is 7.68. The normalized spacial score (nSPS) is 17.1. The van der Waals surface area contributed by atoms with Gasteiger partial charge in [-0.2, -0.15) is 5.10 Å². The van der Waals surface area contributed by atoms with E-state index in [1.54, 1.807) is 0 Å². The molecule has 1 aliphatic heterocycles. The van der Waals surface area contributed by atoms with E-state index in [0.29, 0.717) is 23.8 Å². The Morgan fingerprint density at radius 1 is 1.19 bits per heavy atom. The highest BCUT2D eigenvalue weighted by atomic mass is 16.5. The van der Waals surface area contributed by atoms with Gasteiger partial charge in [-0.25, -0.2) is 4.98 Å².